The smallest absolute Gasteiger partial charge is 0.172 e. The highest BCUT2D eigenvalue weighted by atomic mass is 32.2. The van der Waals surface area contributed by atoms with Gasteiger partial charge in [-0.15, -0.1) is 0 Å². The van der Waals surface area contributed by atoms with Gasteiger partial charge in [0.1, 0.15) is 5.75 Å². The number of para-hydroxylation sites is 1. The molecule has 0 spiro atoms. The minimum Gasteiger partial charge on any atom is -0.771 e. The summed E-state index contributed by atoms with van der Waals surface area (Å²) in [5, 5.41) is 9.46. The fourth-order valence-electron chi connectivity index (χ4n) is 2.38. The molecule has 0 fully saturated rings. The molecule has 128 valence electrons. The van der Waals surface area contributed by atoms with E-state index in [2.05, 4.69) is 0 Å². The first kappa shape index (κ1) is 17.6. The van der Waals surface area contributed by atoms with Crippen molar-refractivity contribution >= 4 is 30.8 Å². The van der Waals surface area contributed by atoms with Crippen LogP contribution >= 0.6 is 19.4 Å². The number of nitrogens with two attached hydrogens (primary N) is 1. The standard InChI is InChI=1S/C18H17N2O3PS/c19-24(22,23)20(14-10-12-15(21)13-11-14)17-8-4-5-9-18(17)25-16-6-2-1-3-7-16/h1-13,21H,(H3,19,22,23)/p-1. The lowest BCUT2D eigenvalue weighted by Gasteiger charge is -2.35. The van der Waals surface area contributed by atoms with E-state index in [0.29, 0.717) is 11.4 Å². The van der Waals surface area contributed by atoms with Gasteiger partial charge < -0.3 is 10.00 Å². The zero-order chi connectivity index (χ0) is 17.9. The zero-order valence-electron chi connectivity index (χ0n) is 13.1. The van der Waals surface area contributed by atoms with Gasteiger partial charge in [0, 0.05) is 15.5 Å². The molecule has 25 heavy (non-hydrogen) atoms. The van der Waals surface area contributed by atoms with E-state index in [1.54, 1.807) is 12.1 Å². The van der Waals surface area contributed by atoms with Gasteiger partial charge in [-0.25, -0.2) is 0 Å². The van der Waals surface area contributed by atoms with Crippen molar-refractivity contribution in [3.05, 3.63) is 78.9 Å². The second-order valence-electron chi connectivity index (χ2n) is 5.28. The number of nitrogens with zero attached hydrogens (tertiary/aromatic N) is 1. The Hall–Kier alpha value is -2.24. The van der Waals surface area contributed by atoms with Gasteiger partial charge in [-0.1, -0.05) is 42.1 Å². The first-order valence-corrected chi connectivity index (χ1v) is 9.93. The maximum atomic E-state index is 12.3. The Morgan fingerprint density at radius 3 is 2.16 bits per heavy atom. The molecule has 5 nitrogen and oxygen atoms in total. The molecule has 1 unspecified atom stereocenters. The summed E-state index contributed by atoms with van der Waals surface area (Å²) < 4.78 is 13.4. The van der Waals surface area contributed by atoms with Crippen LogP contribution in [0.15, 0.2) is 88.7 Å². The Labute approximate surface area is 150 Å². The molecule has 0 aliphatic heterocycles. The minimum atomic E-state index is -4.38. The summed E-state index contributed by atoms with van der Waals surface area (Å²) >= 11 is 1.45. The van der Waals surface area contributed by atoms with E-state index < -0.39 is 7.67 Å². The molecule has 0 amide bonds. The van der Waals surface area contributed by atoms with Crippen LogP contribution in [0, 0.1) is 0 Å². The molecule has 7 heteroatoms. The summed E-state index contributed by atoms with van der Waals surface area (Å²) in [6.45, 7) is 0. The largest absolute Gasteiger partial charge is 0.771 e. The Morgan fingerprint density at radius 2 is 1.52 bits per heavy atom. The van der Waals surface area contributed by atoms with Gasteiger partial charge >= 0.3 is 0 Å². The molecule has 3 N–H and O–H groups in total. The Bertz CT molecular complexity index is 898. The van der Waals surface area contributed by atoms with Crippen molar-refractivity contribution in [1.29, 1.82) is 0 Å². The summed E-state index contributed by atoms with van der Waals surface area (Å²) in [7, 11) is -4.38. The molecule has 3 rings (SSSR count). The van der Waals surface area contributed by atoms with Gasteiger partial charge in [-0.3, -0.25) is 14.7 Å². The maximum absolute atomic E-state index is 12.3. The number of aromatic hydroxyl groups is 1. The lowest BCUT2D eigenvalue weighted by Crippen LogP contribution is -2.27. The quantitative estimate of drug-likeness (QED) is 0.656. The number of anilines is 2. The SMILES string of the molecule is NP(=O)([O-])N(c1ccc(O)cc1)c1ccccc1Sc1ccccc1. The van der Waals surface area contributed by atoms with Crippen molar-refractivity contribution in [2.24, 2.45) is 5.50 Å². The molecule has 0 radical (unpaired) electrons. The minimum absolute atomic E-state index is 0.0494. The van der Waals surface area contributed by atoms with Gasteiger partial charge in [0.2, 0.25) is 0 Å². The Kier molecular flexibility index (Phi) is 5.16. The normalized spacial score (nSPS) is 13.2. The number of rotatable bonds is 5. The molecule has 3 aromatic carbocycles. The predicted molar refractivity (Wildman–Crippen MR) is 99.0 cm³/mol. The van der Waals surface area contributed by atoms with Crippen molar-refractivity contribution in [2.75, 3.05) is 4.67 Å². The van der Waals surface area contributed by atoms with Gasteiger partial charge in [0.15, 0.2) is 7.67 Å². The van der Waals surface area contributed by atoms with Gasteiger partial charge in [0.25, 0.3) is 0 Å². The molecule has 0 aliphatic rings. The van der Waals surface area contributed by atoms with Gasteiger partial charge in [-0.2, -0.15) is 0 Å². The summed E-state index contributed by atoms with van der Waals surface area (Å²) in [5.74, 6) is 0.0494. The highest BCUT2D eigenvalue weighted by Crippen LogP contribution is 2.48. The lowest BCUT2D eigenvalue weighted by atomic mass is 10.2. The second-order valence-corrected chi connectivity index (χ2v) is 7.92. The third kappa shape index (κ3) is 4.24. The molecule has 0 aliphatic carbocycles. The molecule has 1 atom stereocenters. The van der Waals surface area contributed by atoms with E-state index in [0.717, 1.165) is 14.5 Å². The van der Waals surface area contributed by atoms with Crippen molar-refractivity contribution in [3.8, 4) is 5.75 Å². The highest BCUT2D eigenvalue weighted by molar-refractivity contribution is 7.99. The van der Waals surface area contributed by atoms with Crippen LogP contribution in [-0.4, -0.2) is 5.11 Å². The third-order valence-corrected chi connectivity index (χ3v) is 5.51. The first-order valence-electron chi connectivity index (χ1n) is 7.46. The Balaban J connectivity index is 2.08. The first-order chi connectivity index (χ1) is 11.9. The van der Waals surface area contributed by atoms with Crippen molar-refractivity contribution in [2.45, 2.75) is 9.79 Å². The fraction of sp³-hybridized carbons (Fsp3) is 0. The molecule has 0 aromatic heterocycles. The van der Waals surface area contributed by atoms with Gasteiger partial charge in [0.05, 0.1) is 5.69 Å². The van der Waals surface area contributed by atoms with Crippen molar-refractivity contribution < 1.29 is 14.6 Å². The van der Waals surface area contributed by atoms with Crippen LogP contribution in [-0.2, 0) is 4.57 Å². The summed E-state index contributed by atoms with van der Waals surface area (Å²) in [4.78, 5) is 14.0. The average molecular weight is 371 g/mol. The number of hydrogen-bond acceptors (Lipinski definition) is 4. The monoisotopic (exact) mass is 371 g/mol. The molecule has 3 aromatic rings. The van der Waals surface area contributed by atoms with Crippen molar-refractivity contribution in [1.82, 2.24) is 0 Å². The molecule has 0 saturated carbocycles. The highest BCUT2D eigenvalue weighted by Gasteiger charge is 2.21. The van der Waals surface area contributed by atoms with Crippen LogP contribution < -0.4 is 15.1 Å². The third-order valence-electron chi connectivity index (χ3n) is 3.44. The number of phenolic OH excluding ortho intramolecular Hbond substituents is 1. The van der Waals surface area contributed by atoms with Crippen LogP contribution in [0.2, 0.25) is 0 Å². The molecule has 0 bridgehead atoms. The van der Waals surface area contributed by atoms with E-state index in [4.69, 9.17) is 5.50 Å². The second kappa shape index (κ2) is 7.33. The molecular weight excluding hydrogens is 355 g/mol. The van der Waals surface area contributed by atoms with Crippen LogP contribution in [0.4, 0.5) is 11.4 Å². The van der Waals surface area contributed by atoms with E-state index in [9.17, 15) is 14.6 Å². The number of benzene rings is 3. The van der Waals surface area contributed by atoms with Crippen LogP contribution in [0.1, 0.15) is 0 Å². The van der Waals surface area contributed by atoms with E-state index >= 15 is 0 Å². The maximum Gasteiger partial charge on any atom is 0.172 e. The summed E-state index contributed by atoms with van der Waals surface area (Å²) in [6, 6.07) is 22.7. The van der Waals surface area contributed by atoms with Crippen LogP contribution in [0.3, 0.4) is 0 Å². The molecule has 0 saturated heterocycles. The van der Waals surface area contributed by atoms with E-state index in [1.807, 2.05) is 42.5 Å². The van der Waals surface area contributed by atoms with Crippen LogP contribution in [0.5, 0.6) is 5.75 Å². The molecular formula is C18H16N2O3PS-. The zero-order valence-corrected chi connectivity index (χ0v) is 14.9. The number of phenols is 1. The van der Waals surface area contributed by atoms with E-state index in [1.165, 1.54) is 36.0 Å². The van der Waals surface area contributed by atoms with E-state index in [-0.39, 0.29) is 5.75 Å². The predicted octanol–water partition coefficient (Wildman–Crippen LogP) is 4.11. The molecule has 0 heterocycles. The summed E-state index contributed by atoms with van der Waals surface area (Å²) in [5.41, 5.74) is 6.32. The van der Waals surface area contributed by atoms with Gasteiger partial charge in [-0.05, 0) is 48.5 Å². The average Bonchev–Trinajstić information content (AvgIpc) is 2.58. The lowest BCUT2D eigenvalue weighted by molar-refractivity contribution is -0.175. The summed E-state index contributed by atoms with van der Waals surface area (Å²) in [6.07, 6.45) is 0. The van der Waals surface area contributed by atoms with Crippen molar-refractivity contribution in [3.63, 3.8) is 0 Å². The Morgan fingerprint density at radius 1 is 0.920 bits per heavy atom. The number of hydrogen-bond donors (Lipinski definition) is 2. The topological polar surface area (TPSA) is 89.6 Å². The van der Waals surface area contributed by atoms with Crippen LogP contribution in [0.25, 0.3) is 0 Å². The fourth-order valence-corrected chi connectivity index (χ4v) is 4.33.